The van der Waals surface area contributed by atoms with Crippen molar-refractivity contribution in [2.45, 2.75) is 26.2 Å². The molecule has 0 spiro atoms. The van der Waals surface area contributed by atoms with Gasteiger partial charge in [-0.25, -0.2) is 4.39 Å². The van der Waals surface area contributed by atoms with Gasteiger partial charge in [0.25, 0.3) is 0 Å². The number of rotatable bonds is 9. The first-order chi connectivity index (χ1) is 10.7. The molecule has 0 aliphatic heterocycles. The molecule has 0 aliphatic rings. The molecule has 1 aromatic rings. The predicted molar refractivity (Wildman–Crippen MR) is 107 cm³/mol. The summed E-state index contributed by atoms with van der Waals surface area (Å²) in [6, 6.07) is 6.88. The van der Waals surface area contributed by atoms with Crippen LogP contribution in [0.5, 0.6) is 0 Å². The van der Waals surface area contributed by atoms with Crippen molar-refractivity contribution in [2.24, 2.45) is 4.99 Å². The van der Waals surface area contributed by atoms with Gasteiger partial charge >= 0.3 is 0 Å². The zero-order chi connectivity index (χ0) is 16.2. The molecule has 0 aromatic heterocycles. The molecule has 23 heavy (non-hydrogen) atoms. The molecular formula is C17H30FIN4. The van der Waals surface area contributed by atoms with Gasteiger partial charge in [-0.1, -0.05) is 31.5 Å². The van der Waals surface area contributed by atoms with E-state index in [1.54, 1.807) is 13.1 Å². The van der Waals surface area contributed by atoms with Crippen molar-refractivity contribution in [3.05, 3.63) is 35.6 Å². The van der Waals surface area contributed by atoms with Crippen LogP contribution in [-0.2, 0) is 6.42 Å². The smallest absolute Gasteiger partial charge is 0.191 e. The van der Waals surface area contributed by atoms with Crippen molar-refractivity contribution in [1.82, 2.24) is 15.5 Å². The molecule has 0 saturated heterocycles. The highest BCUT2D eigenvalue weighted by atomic mass is 127. The fraction of sp³-hybridized carbons (Fsp3) is 0.588. The van der Waals surface area contributed by atoms with Crippen molar-refractivity contribution in [2.75, 3.05) is 40.3 Å². The monoisotopic (exact) mass is 436 g/mol. The summed E-state index contributed by atoms with van der Waals surface area (Å²) >= 11 is 0. The number of likely N-dealkylation sites (N-methyl/N-ethyl adjacent to an activating group) is 1. The van der Waals surface area contributed by atoms with Crippen molar-refractivity contribution in [3.63, 3.8) is 0 Å². The van der Waals surface area contributed by atoms with Crippen molar-refractivity contribution < 1.29 is 4.39 Å². The first kappa shape index (κ1) is 22.1. The summed E-state index contributed by atoms with van der Waals surface area (Å²) in [5.41, 5.74) is 0.727. The van der Waals surface area contributed by atoms with Gasteiger partial charge in [0.1, 0.15) is 5.82 Å². The second kappa shape index (κ2) is 13.5. The second-order valence-corrected chi connectivity index (χ2v) is 5.42. The zero-order valence-corrected chi connectivity index (χ0v) is 16.8. The largest absolute Gasteiger partial charge is 0.356 e. The highest BCUT2D eigenvalue weighted by Gasteiger charge is 2.02. The highest BCUT2D eigenvalue weighted by molar-refractivity contribution is 14.0. The Morgan fingerprint density at radius 3 is 2.52 bits per heavy atom. The van der Waals surface area contributed by atoms with E-state index in [4.69, 9.17) is 0 Å². The third-order valence-corrected chi connectivity index (χ3v) is 3.55. The van der Waals surface area contributed by atoms with Gasteiger partial charge in [-0.3, -0.25) is 4.99 Å². The van der Waals surface area contributed by atoms with Gasteiger partial charge in [-0.15, -0.1) is 24.0 Å². The molecule has 1 aromatic carbocycles. The van der Waals surface area contributed by atoms with Crippen LogP contribution >= 0.6 is 24.0 Å². The van der Waals surface area contributed by atoms with Crippen LogP contribution in [0.15, 0.2) is 29.3 Å². The Balaban J connectivity index is 0.00000484. The fourth-order valence-corrected chi connectivity index (χ4v) is 2.14. The number of aliphatic imine (C=N–C) groups is 1. The minimum atomic E-state index is -0.148. The van der Waals surface area contributed by atoms with E-state index in [0.717, 1.165) is 31.2 Å². The van der Waals surface area contributed by atoms with Crippen LogP contribution in [0.4, 0.5) is 4.39 Å². The minimum absolute atomic E-state index is 0. The number of nitrogens with one attached hydrogen (secondary N) is 2. The average Bonchev–Trinajstić information content (AvgIpc) is 2.53. The first-order valence-corrected chi connectivity index (χ1v) is 8.03. The summed E-state index contributed by atoms with van der Waals surface area (Å²) in [5.74, 6) is 0.616. The normalized spacial score (nSPS) is 11.3. The fourth-order valence-electron chi connectivity index (χ4n) is 2.14. The van der Waals surface area contributed by atoms with E-state index in [1.165, 1.54) is 18.9 Å². The summed E-state index contributed by atoms with van der Waals surface area (Å²) in [5, 5.41) is 6.50. The molecule has 0 fully saturated rings. The lowest BCUT2D eigenvalue weighted by atomic mass is 10.1. The molecule has 4 nitrogen and oxygen atoms in total. The van der Waals surface area contributed by atoms with E-state index in [9.17, 15) is 4.39 Å². The standard InChI is InChI=1S/C17H29FN4.HI/c1-4-5-13-22(3)14-12-21-17(19-2)20-11-10-15-8-6-7-9-16(15)18;/h6-9H,4-5,10-14H2,1-3H3,(H2,19,20,21);1H. The first-order valence-electron chi connectivity index (χ1n) is 8.03. The zero-order valence-electron chi connectivity index (χ0n) is 14.4. The molecule has 0 aliphatic carbocycles. The van der Waals surface area contributed by atoms with Crippen molar-refractivity contribution in [1.29, 1.82) is 0 Å². The number of guanidine groups is 1. The number of unbranched alkanes of at least 4 members (excludes halogenated alkanes) is 1. The Kier molecular flexibility index (Phi) is 13.0. The second-order valence-electron chi connectivity index (χ2n) is 5.42. The maximum atomic E-state index is 13.5. The lowest BCUT2D eigenvalue weighted by molar-refractivity contribution is 0.332. The minimum Gasteiger partial charge on any atom is -0.356 e. The lowest BCUT2D eigenvalue weighted by Crippen LogP contribution is -2.41. The van der Waals surface area contributed by atoms with Gasteiger partial charge < -0.3 is 15.5 Å². The summed E-state index contributed by atoms with van der Waals surface area (Å²) in [6.07, 6.45) is 3.09. The van der Waals surface area contributed by atoms with E-state index in [2.05, 4.69) is 34.5 Å². The number of hydrogen-bond donors (Lipinski definition) is 2. The summed E-state index contributed by atoms with van der Waals surface area (Å²) in [6.45, 7) is 5.81. The summed E-state index contributed by atoms with van der Waals surface area (Å²) in [7, 11) is 3.88. The topological polar surface area (TPSA) is 39.7 Å². The van der Waals surface area contributed by atoms with E-state index in [-0.39, 0.29) is 29.8 Å². The molecule has 2 N–H and O–H groups in total. The number of hydrogen-bond acceptors (Lipinski definition) is 2. The van der Waals surface area contributed by atoms with Crippen molar-refractivity contribution >= 4 is 29.9 Å². The molecule has 0 unspecified atom stereocenters. The highest BCUT2D eigenvalue weighted by Crippen LogP contribution is 2.05. The predicted octanol–water partition coefficient (Wildman–Crippen LogP) is 2.88. The third kappa shape index (κ3) is 9.76. The number of benzene rings is 1. The van der Waals surface area contributed by atoms with E-state index in [0.29, 0.717) is 13.0 Å². The van der Waals surface area contributed by atoms with Gasteiger partial charge in [0, 0.05) is 26.7 Å². The van der Waals surface area contributed by atoms with E-state index in [1.807, 2.05) is 12.1 Å². The molecule has 132 valence electrons. The molecule has 1 rings (SSSR count). The van der Waals surface area contributed by atoms with Crippen LogP contribution in [0.1, 0.15) is 25.3 Å². The number of nitrogens with zero attached hydrogens (tertiary/aromatic N) is 2. The molecular weight excluding hydrogens is 406 g/mol. The summed E-state index contributed by atoms with van der Waals surface area (Å²) in [4.78, 5) is 6.49. The maximum Gasteiger partial charge on any atom is 0.191 e. The van der Waals surface area contributed by atoms with Crippen LogP contribution in [0.2, 0.25) is 0 Å². The van der Waals surface area contributed by atoms with Gasteiger partial charge in [0.05, 0.1) is 0 Å². The Morgan fingerprint density at radius 1 is 1.17 bits per heavy atom. The van der Waals surface area contributed by atoms with E-state index >= 15 is 0 Å². The van der Waals surface area contributed by atoms with Crippen LogP contribution in [0.25, 0.3) is 0 Å². The lowest BCUT2D eigenvalue weighted by Gasteiger charge is -2.18. The SMILES string of the molecule is CCCCN(C)CCNC(=NC)NCCc1ccccc1F.I. The van der Waals surface area contributed by atoms with Gasteiger partial charge in [-0.2, -0.15) is 0 Å². The molecule has 0 saturated carbocycles. The van der Waals surface area contributed by atoms with Crippen LogP contribution in [0.3, 0.4) is 0 Å². The van der Waals surface area contributed by atoms with Crippen molar-refractivity contribution in [3.8, 4) is 0 Å². The molecule has 0 amide bonds. The van der Waals surface area contributed by atoms with Crippen LogP contribution in [0, 0.1) is 5.82 Å². The molecule has 0 heterocycles. The molecule has 6 heteroatoms. The summed E-state index contributed by atoms with van der Waals surface area (Å²) < 4.78 is 13.5. The van der Waals surface area contributed by atoms with Gasteiger partial charge in [0.2, 0.25) is 0 Å². The van der Waals surface area contributed by atoms with Gasteiger partial charge in [0.15, 0.2) is 5.96 Å². The number of halogens is 2. The quantitative estimate of drug-likeness (QED) is 0.355. The van der Waals surface area contributed by atoms with E-state index < -0.39 is 0 Å². The molecule has 0 bridgehead atoms. The van der Waals surface area contributed by atoms with Crippen LogP contribution < -0.4 is 10.6 Å². The Bertz CT molecular complexity index is 454. The van der Waals surface area contributed by atoms with Crippen LogP contribution in [-0.4, -0.2) is 51.1 Å². The Labute approximate surface area is 157 Å². The molecule has 0 radical (unpaired) electrons. The Hall–Kier alpha value is -0.890. The molecule has 0 atom stereocenters. The Morgan fingerprint density at radius 2 is 1.87 bits per heavy atom. The van der Waals surface area contributed by atoms with Gasteiger partial charge in [-0.05, 0) is 38.1 Å². The maximum absolute atomic E-state index is 13.5. The average molecular weight is 436 g/mol. The third-order valence-electron chi connectivity index (χ3n) is 3.55.